The third kappa shape index (κ3) is 2.47. The maximum atomic E-state index is 13.0. The zero-order chi connectivity index (χ0) is 17.8. The van der Waals surface area contributed by atoms with Crippen LogP contribution < -0.4 is 0 Å². The maximum absolute atomic E-state index is 13.0. The van der Waals surface area contributed by atoms with E-state index in [9.17, 15) is 4.79 Å². The summed E-state index contributed by atoms with van der Waals surface area (Å²) in [6.07, 6.45) is 0. The van der Waals surface area contributed by atoms with Crippen LogP contribution >= 0.6 is 0 Å². The molecule has 3 nitrogen and oxygen atoms in total. The molecule has 1 aliphatic carbocycles. The Kier molecular flexibility index (Phi) is 4.06. The molecule has 0 fully saturated rings. The minimum atomic E-state index is 0.0769. The molecule has 2 atom stereocenters. The minimum Gasteiger partial charge on any atom is -0.358 e. The van der Waals surface area contributed by atoms with E-state index in [-0.39, 0.29) is 5.78 Å². The molecule has 24 heavy (non-hydrogen) atoms. The summed E-state index contributed by atoms with van der Waals surface area (Å²) in [5.74, 6) is 1.87. The molecule has 0 radical (unpaired) electrons. The van der Waals surface area contributed by atoms with Gasteiger partial charge in [-0.3, -0.25) is 4.79 Å². The average molecular weight is 324 g/mol. The molecule has 0 bridgehead atoms. The summed E-state index contributed by atoms with van der Waals surface area (Å²) in [5, 5.41) is 0. The van der Waals surface area contributed by atoms with E-state index in [2.05, 4.69) is 64.2 Å². The normalized spacial score (nSPS) is 16.5. The number of ketones is 1. The van der Waals surface area contributed by atoms with Crippen molar-refractivity contribution in [3.63, 3.8) is 0 Å². The Morgan fingerprint density at radius 2 is 1.25 bits per heavy atom. The van der Waals surface area contributed by atoms with Gasteiger partial charge in [0.1, 0.15) is 0 Å². The molecule has 2 aromatic heterocycles. The Bertz CT molecular complexity index is 689. The molecular formula is C21H28N2O. The SMILES string of the molecule is C=C1c2cc([C@H](C)C(C)C)[nH]c2C(=O)c2cc([C@H](C)C(C)C)[nH]c21. The molecule has 0 aromatic carbocycles. The molecule has 2 aromatic rings. The van der Waals surface area contributed by atoms with Gasteiger partial charge in [-0.05, 0) is 35.8 Å². The summed E-state index contributed by atoms with van der Waals surface area (Å²) in [6.45, 7) is 17.4. The van der Waals surface area contributed by atoms with Gasteiger partial charge in [-0.25, -0.2) is 0 Å². The summed E-state index contributed by atoms with van der Waals surface area (Å²) in [5.41, 5.74) is 6.42. The van der Waals surface area contributed by atoms with Crippen LogP contribution in [0.25, 0.3) is 5.57 Å². The number of carbonyl (C=O) groups is 1. The van der Waals surface area contributed by atoms with Crippen molar-refractivity contribution in [3.05, 3.63) is 52.6 Å². The standard InChI is InChI=1S/C21H28N2O/c1-10(2)12(5)17-8-15-14(7)19-16(21(24)20(15)23-17)9-18(22-19)13(6)11(3)4/h8-13,22-23H,7H2,1-6H3/t12-,13-/m1/s1. The van der Waals surface area contributed by atoms with Gasteiger partial charge in [-0.2, -0.15) is 0 Å². The highest BCUT2D eigenvalue weighted by molar-refractivity contribution is 6.17. The molecule has 0 spiro atoms. The van der Waals surface area contributed by atoms with Crippen LogP contribution in [0.4, 0.5) is 0 Å². The third-order valence-electron chi connectivity index (χ3n) is 5.76. The van der Waals surface area contributed by atoms with Crippen molar-refractivity contribution in [2.45, 2.75) is 53.4 Å². The maximum Gasteiger partial charge on any atom is 0.211 e. The van der Waals surface area contributed by atoms with Gasteiger partial charge in [0.05, 0.1) is 11.4 Å². The van der Waals surface area contributed by atoms with Gasteiger partial charge in [0.15, 0.2) is 0 Å². The highest BCUT2D eigenvalue weighted by Crippen LogP contribution is 2.39. The second-order valence-corrected chi connectivity index (χ2v) is 7.90. The number of H-pyrrole nitrogens is 2. The van der Waals surface area contributed by atoms with Gasteiger partial charge in [0.2, 0.25) is 5.78 Å². The summed E-state index contributed by atoms with van der Waals surface area (Å²) in [7, 11) is 0. The number of fused-ring (bicyclic) bond motifs is 2. The third-order valence-corrected chi connectivity index (χ3v) is 5.76. The molecule has 3 heteroatoms. The Hall–Kier alpha value is -2.03. The van der Waals surface area contributed by atoms with Crippen LogP contribution in [-0.4, -0.2) is 15.8 Å². The lowest BCUT2D eigenvalue weighted by atomic mass is 9.89. The number of aromatic amines is 2. The van der Waals surface area contributed by atoms with Crippen molar-refractivity contribution in [1.29, 1.82) is 0 Å². The molecule has 2 N–H and O–H groups in total. The van der Waals surface area contributed by atoms with E-state index in [0.29, 0.717) is 29.4 Å². The Balaban J connectivity index is 2.05. The van der Waals surface area contributed by atoms with Crippen LogP contribution in [-0.2, 0) is 0 Å². The molecule has 0 amide bonds. The minimum absolute atomic E-state index is 0.0769. The Morgan fingerprint density at radius 1 is 0.792 bits per heavy atom. The first-order chi connectivity index (χ1) is 11.2. The predicted octanol–water partition coefficient (Wildman–Crippen LogP) is 5.47. The molecule has 0 unspecified atom stereocenters. The van der Waals surface area contributed by atoms with Gasteiger partial charge in [-0.15, -0.1) is 0 Å². The fraction of sp³-hybridized carbons (Fsp3) is 0.476. The lowest BCUT2D eigenvalue weighted by Crippen LogP contribution is -2.12. The van der Waals surface area contributed by atoms with E-state index in [0.717, 1.165) is 33.8 Å². The number of nitrogens with one attached hydrogen (secondary N) is 2. The highest BCUT2D eigenvalue weighted by atomic mass is 16.1. The summed E-state index contributed by atoms with van der Waals surface area (Å²) in [4.78, 5) is 19.8. The van der Waals surface area contributed by atoms with E-state index < -0.39 is 0 Å². The van der Waals surface area contributed by atoms with Gasteiger partial charge >= 0.3 is 0 Å². The van der Waals surface area contributed by atoms with Gasteiger partial charge in [0.25, 0.3) is 0 Å². The van der Waals surface area contributed by atoms with Crippen LogP contribution in [0.1, 0.15) is 92.1 Å². The van der Waals surface area contributed by atoms with E-state index in [1.807, 2.05) is 6.07 Å². The second kappa shape index (κ2) is 5.80. The first kappa shape index (κ1) is 16.8. The lowest BCUT2D eigenvalue weighted by molar-refractivity contribution is 0.103. The zero-order valence-electron chi connectivity index (χ0n) is 15.6. The summed E-state index contributed by atoms with van der Waals surface area (Å²) >= 11 is 0. The molecule has 2 heterocycles. The molecule has 3 rings (SSSR count). The molecule has 128 valence electrons. The van der Waals surface area contributed by atoms with Crippen molar-refractivity contribution in [2.75, 3.05) is 0 Å². The van der Waals surface area contributed by atoms with Crippen LogP contribution in [0.5, 0.6) is 0 Å². The Labute approximate surface area is 144 Å². The summed E-state index contributed by atoms with van der Waals surface area (Å²) in [6, 6.07) is 4.12. The van der Waals surface area contributed by atoms with Crippen LogP contribution in [0, 0.1) is 11.8 Å². The van der Waals surface area contributed by atoms with Gasteiger partial charge in [-0.1, -0.05) is 48.1 Å². The van der Waals surface area contributed by atoms with Crippen molar-refractivity contribution < 1.29 is 4.79 Å². The number of aromatic nitrogens is 2. The van der Waals surface area contributed by atoms with Crippen LogP contribution in [0.15, 0.2) is 18.7 Å². The monoisotopic (exact) mass is 324 g/mol. The van der Waals surface area contributed by atoms with Gasteiger partial charge in [0, 0.05) is 28.1 Å². The van der Waals surface area contributed by atoms with Crippen LogP contribution in [0.2, 0.25) is 0 Å². The predicted molar refractivity (Wildman–Crippen MR) is 99.7 cm³/mol. The number of rotatable bonds is 4. The molecular weight excluding hydrogens is 296 g/mol. The van der Waals surface area contributed by atoms with Crippen molar-refractivity contribution in [2.24, 2.45) is 11.8 Å². The van der Waals surface area contributed by atoms with Crippen LogP contribution in [0.3, 0.4) is 0 Å². The van der Waals surface area contributed by atoms with Crippen molar-refractivity contribution in [1.82, 2.24) is 9.97 Å². The van der Waals surface area contributed by atoms with Gasteiger partial charge < -0.3 is 9.97 Å². The van der Waals surface area contributed by atoms with Crippen molar-refractivity contribution >= 4 is 11.4 Å². The fourth-order valence-corrected chi connectivity index (χ4v) is 3.26. The molecule has 0 aliphatic heterocycles. The average Bonchev–Trinajstić information content (AvgIpc) is 3.16. The topological polar surface area (TPSA) is 48.6 Å². The fourth-order valence-electron chi connectivity index (χ4n) is 3.26. The first-order valence-electron chi connectivity index (χ1n) is 8.92. The first-order valence-corrected chi connectivity index (χ1v) is 8.92. The molecule has 0 saturated carbocycles. The lowest BCUT2D eigenvalue weighted by Gasteiger charge is -2.14. The van der Waals surface area contributed by atoms with E-state index >= 15 is 0 Å². The highest BCUT2D eigenvalue weighted by Gasteiger charge is 2.32. The number of carbonyl (C=O) groups excluding carboxylic acids is 1. The van der Waals surface area contributed by atoms with Crippen molar-refractivity contribution in [3.8, 4) is 0 Å². The quantitative estimate of drug-likeness (QED) is 0.657. The summed E-state index contributed by atoms with van der Waals surface area (Å²) < 4.78 is 0. The van der Waals surface area contributed by atoms with E-state index in [1.165, 1.54) is 0 Å². The second-order valence-electron chi connectivity index (χ2n) is 7.90. The van der Waals surface area contributed by atoms with E-state index in [1.54, 1.807) is 0 Å². The van der Waals surface area contributed by atoms with E-state index in [4.69, 9.17) is 0 Å². The number of hydrogen-bond acceptors (Lipinski definition) is 1. The smallest absolute Gasteiger partial charge is 0.211 e. The Morgan fingerprint density at radius 3 is 1.75 bits per heavy atom. The zero-order valence-corrected chi connectivity index (χ0v) is 15.6. The molecule has 0 saturated heterocycles. The molecule has 1 aliphatic rings. The number of hydrogen-bond donors (Lipinski definition) is 2. The largest absolute Gasteiger partial charge is 0.358 e.